The fraction of sp³-hybridized carbons (Fsp3) is 0.375. The number of halogens is 1. The summed E-state index contributed by atoms with van der Waals surface area (Å²) in [5.74, 6) is 0. The van der Waals surface area contributed by atoms with Crippen LogP contribution in [0.3, 0.4) is 0 Å². The van der Waals surface area contributed by atoms with Crippen molar-refractivity contribution in [3.05, 3.63) is 32.7 Å². The summed E-state index contributed by atoms with van der Waals surface area (Å²) in [6, 6.07) is 3.70. The summed E-state index contributed by atoms with van der Waals surface area (Å²) in [5.41, 5.74) is 6.77. The summed E-state index contributed by atoms with van der Waals surface area (Å²) >= 11 is 3.19. The Balaban J connectivity index is 2.69. The van der Waals surface area contributed by atoms with Crippen LogP contribution in [-0.2, 0) is 6.54 Å². The van der Waals surface area contributed by atoms with Crippen molar-refractivity contribution in [1.82, 2.24) is 4.57 Å². The van der Waals surface area contributed by atoms with E-state index in [0.717, 1.165) is 18.7 Å². The molecule has 0 saturated heterocycles. The van der Waals surface area contributed by atoms with Gasteiger partial charge in [0, 0.05) is 18.3 Å². The van der Waals surface area contributed by atoms with Crippen LogP contribution in [0.1, 0.15) is 18.2 Å². The maximum absolute atomic E-state index is 11.5. The van der Waals surface area contributed by atoms with Gasteiger partial charge in [0.05, 0.1) is 4.47 Å². The lowest BCUT2D eigenvalue weighted by atomic mass is 10.2. The zero-order valence-corrected chi connectivity index (χ0v) is 8.04. The maximum atomic E-state index is 11.5. The van der Waals surface area contributed by atoms with Crippen molar-refractivity contribution in [2.75, 3.05) is 0 Å². The van der Waals surface area contributed by atoms with Gasteiger partial charge in [0.2, 0.25) is 0 Å². The Morgan fingerprint density at radius 3 is 3.08 bits per heavy atom. The fourth-order valence-electron chi connectivity index (χ4n) is 1.54. The molecule has 0 spiro atoms. The SMILES string of the molecule is NC1CCn2c1ccc(Br)c2=O. The van der Waals surface area contributed by atoms with Crippen LogP contribution in [-0.4, -0.2) is 4.57 Å². The Labute approximate surface area is 78.3 Å². The predicted octanol–water partition coefficient (Wildman–Crippen LogP) is 1.01. The Morgan fingerprint density at radius 1 is 1.58 bits per heavy atom. The van der Waals surface area contributed by atoms with Gasteiger partial charge in [0.25, 0.3) is 5.56 Å². The fourth-order valence-corrected chi connectivity index (χ4v) is 1.88. The molecule has 0 radical (unpaired) electrons. The molecule has 1 unspecified atom stereocenters. The van der Waals surface area contributed by atoms with Crippen molar-refractivity contribution in [3.63, 3.8) is 0 Å². The maximum Gasteiger partial charge on any atom is 0.265 e. The first-order valence-corrected chi connectivity index (χ1v) is 4.64. The lowest BCUT2D eigenvalue weighted by Gasteiger charge is -2.04. The molecule has 64 valence electrons. The molecule has 3 nitrogen and oxygen atoms in total. The molecule has 2 heterocycles. The van der Waals surface area contributed by atoms with Crippen LogP contribution in [0, 0.1) is 0 Å². The molecule has 1 aliphatic rings. The topological polar surface area (TPSA) is 48.0 Å². The van der Waals surface area contributed by atoms with Crippen molar-refractivity contribution in [3.8, 4) is 0 Å². The van der Waals surface area contributed by atoms with Crippen LogP contribution in [0.4, 0.5) is 0 Å². The zero-order chi connectivity index (χ0) is 8.72. The Kier molecular flexibility index (Phi) is 1.81. The van der Waals surface area contributed by atoms with E-state index in [-0.39, 0.29) is 11.6 Å². The van der Waals surface area contributed by atoms with Gasteiger partial charge in [0.15, 0.2) is 0 Å². The summed E-state index contributed by atoms with van der Waals surface area (Å²) < 4.78 is 2.34. The first kappa shape index (κ1) is 8.01. The van der Waals surface area contributed by atoms with Crippen molar-refractivity contribution in [2.24, 2.45) is 5.73 Å². The summed E-state index contributed by atoms with van der Waals surface area (Å²) in [7, 11) is 0. The molecule has 0 aliphatic carbocycles. The van der Waals surface area contributed by atoms with Crippen molar-refractivity contribution in [1.29, 1.82) is 0 Å². The van der Waals surface area contributed by atoms with E-state index in [4.69, 9.17) is 5.73 Å². The highest BCUT2D eigenvalue weighted by atomic mass is 79.9. The number of nitrogens with zero attached hydrogens (tertiary/aromatic N) is 1. The number of aromatic nitrogens is 1. The van der Waals surface area contributed by atoms with E-state index in [2.05, 4.69) is 15.9 Å². The third-order valence-electron chi connectivity index (χ3n) is 2.21. The highest BCUT2D eigenvalue weighted by Crippen LogP contribution is 2.21. The van der Waals surface area contributed by atoms with Crippen LogP contribution in [0.5, 0.6) is 0 Å². The minimum absolute atomic E-state index is 0.0282. The molecule has 1 aromatic rings. The van der Waals surface area contributed by atoms with Gasteiger partial charge < -0.3 is 10.3 Å². The van der Waals surface area contributed by atoms with Crippen LogP contribution < -0.4 is 11.3 Å². The van der Waals surface area contributed by atoms with E-state index in [1.54, 1.807) is 10.6 Å². The van der Waals surface area contributed by atoms with Gasteiger partial charge in [-0.3, -0.25) is 4.79 Å². The predicted molar refractivity (Wildman–Crippen MR) is 49.9 cm³/mol. The number of nitrogens with two attached hydrogens (primary N) is 1. The lowest BCUT2D eigenvalue weighted by Crippen LogP contribution is -2.20. The van der Waals surface area contributed by atoms with Crippen molar-refractivity contribution >= 4 is 15.9 Å². The second kappa shape index (κ2) is 2.71. The van der Waals surface area contributed by atoms with Gasteiger partial charge in [-0.1, -0.05) is 0 Å². The van der Waals surface area contributed by atoms with Crippen LogP contribution >= 0.6 is 15.9 Å². The summed E-state index contributed by atoms with van der Waals surface area (Å²) in [4.78, 5) is 11.5. The normalized spacial score (nSPS) is 21.0. The molecule has 2 rings (SSSR count). The molecule has 0 bridgehead atoms. The van der Waals surface area contributed by atoms with Crippen LogP contribution in [0.2, 0.25) is 0 Å². The second-order valence-electron chi connectivity index (χ2n) is 2.96. The molecule has 0 aromatic carbocycles. The largest absolute Gasteiger partial charge is 0.323 e. The average Bonchev–Trinajstić information content (AvgIpc) is 2.41. The first-order valence-electron chi connectivity index (χ1n) is 3.85. The quantitative estimate of drug-likeness (QED) is 0.721. The molecule has 0 amide bonds. The molecular weight excluding hydrogens is 220 g/mol. The number of hydrogen-bond acceptors (Lipinski definition) is 2. The molecule has 4 heteroatoms. The van der Waals surface area contributed by atoms with E-state index in [0.29, 0.717) is 4.47 Å². The molecule has 2 N–H and O–H groups in total. The minimum Gasteiger partial charge on any atom is -0.323 e. The van der Waals surface area contributed by atoms with E-state index in [1.165, 1.54) is 0 Å². The lowest BCUT2D eigenvalue weighted by molar-refractivity contribution is 0.678. The van der Waals surface area contributed by atoms with Gasteiger partial charge in [-0.25, -0.2) is 0 Å². The molecule has 1 atom stereocenters. The second-order valence-corrected chi connectivity index (χ2v) is 3.81. The number of fused-ring (bicyclic) bond motifs is 1. The standard InChI is InChI=1S/C8H9BrN2O/c9-5-1-2-7-6(10)3-4-11(7)8(5)12/h1-2,6H,3-4,10H2. The Hall–Kier alpha value is -0.610. The minimum atomic E-state index is 0.0282. The van der Waals surface area contributed by atoms with Crippen LogP contribution in [0.15, 0.2) is 21.4 Å². The summed E-state index contributed by atoms with van der Waals surface area (Å²) in [5, 5.41) is 0. The first-order chi connectivity index (χ1) is 5.70. The van der Waals surface area contributed by atoms with E-state index in [1.807, 2.05) is 6.07 Å². The average molecular weight is 229 g/mol. The highest BCUT2D eigenvalue weighted by Gasteiger charge is 2.19. The van der Waals surface area contributed by atoms with Gasteiger partial charge >= 0.3 is 0 Å². The van der Waals surface area contributed by atoms with E-state index < -0.39 is 0 Å². The number of hydrogen-bond donors (Lipinski definition) is 1. The van der Waals surface area contributed by atoms with E-state index >= 15 is 0 Å². The molecule has 1 aliphatic heterocycles. The number of rotatable bonds is 0. The van der Waals surface area contributed by atoms with Gasteiger partial charge in [-0.05, 0) is 34.5 Å². The third kappa shape index (κ3) is 1.03. The summed E-state index contributed by atoms with van der Waals surface area (Å²) in [6.45, 7) is 0.745. The van der Waals surface area contributed by atoms with Crippen molar-refractivity contribution in [2.45, 2.75) is 19.0 Å². The molecule has 0 saturated carbocycles. The van der Waals surface area contributed by atoms with Crippen LogP contribution in [0.25, 0.3) is 0 Å². The number of pyridine rings is 1. The van der Waals surface area contributed by atoms with Crippen molar-refractivity contribution < 1.29 is 0 Å². The smallest absolute Gasteiger partial charge is 0.265 e. The summed E-state index contributed by atoms with van der Waals surface area (Å²) in [6.07, 6.45) is 0.867. The van der Waals surface area contributed by atoms with Gasteiger partial charge in [0.1, 0.15) is 0 Å². The Bertz CT molecular complexity index is 372. The molecule has 0 fully saturated rings. The molecule has 1 aromatic heterocycles. The van der Waals surface area contributed by atoms with Gasteiger partial charge in [-0.15, -0.1) is 0 Å². The molecule has 12 heavy (non-hydrogen) atoms. The monoisotopic (exact) mass is 228 g/mol. The van der Waals surface area contributed by atoms with Gasteiger partial charge in [-0.2, -0.15) is 0 Å². The highest BCUT2D eigenvalue weighted by molar-refractivity contribution is 9.10. The third-order valence-corrected chi connectivity index (χ3v) is 2.81. The zero-order valence-electron chi connectivity index (χ0n) is 6.46. The Morgan fingerprint density at radius 2 is 2.33 bits per heavy atom. The molecular formula is C8H9BrN2O. The van der Waals surface area contributed by atoms with E-state index in [9.17, 15) is 4.79 Å².